The van der Waals surface area contributed by atoms with Gasteiger partial charge < -0.3 is 0 Å². The van der Waals surface area contributed by atoms with Crippen LogP contribution in [-0.2, 0) is 10.8 Å². The summed E-state index contributed by atoms with van der Waals surface area (Å²) in [5.74, 6) is 13.4. The normalized spacial score (nSPS) is 13.9. The number of hydrogen-bond acceptors (Lipinski definition) is 2. The van der Waals surface area contributed by atoms with E-state index in [4.69, 9.17) is 0 Å². The molecule has 7 rings (SSSR count). The minimum atomic E-state index is 0.0606. The maximum absolute atomic E-state index is 4.66. The molecular formula is C50H52N2. The van der Waals surface area contributed by atoms with E-state index in [9.17, 15) is 0 Å². The molecule has 2 heteroatoms. The van der Waals surface area contributed by atoms with Crippen LogP contribution in [0.3, 0.4) is 0 Å². The molecule has 1 heterocycles. The zero-order chi connectivity index (χ0) is 36.0. The van der Waals surface area contributed by atoms with Gasteiger partial charge in [0.05, 0.1) is 12.4 Å². The third-order valence-electron chi connectivity index (χ3n) is 11.7. The van der Waals surface area contributed by atoms with Gasteiger partial charge in [-0.05, 0) is 106 Å². The van der Waals surface area contributed by atoms with Gasteiger partial charge in [0, 0.05) is 22.0 Å². The molecule has 0 amide bonds. The molecule has 0 spiro atoms. The molecule has 2 aliphatic carbocycles. The Morgan fingerprint density at radius 1 is 0.423 bits per heavy atom. The maximum Gasteiger partial charge on any atom is 0.131 e. The van der Waals surface area contributed by atoms with E-state index in [1.54, 1.807) is 12.4 Å². The lowest BCUT2D eigenvalue weighted by Crippen LogP contribution is -2.25. The number of benzene rings is 4. The first kappa shape index (κ1) is 35.5. The Kier molecular flexibility index (Phi) is 10.8. The van der Waals surface area contributed by atoms with E-state index in [1.165, 1.54) is 122 Å². The number of fused-ring (bicyclic) bond motifs is 6. The van der Waals surface area contributed by atoms with Gasteiger partial charge in [-0.3, -0.25) is 0 Å². The molecule has 0 radical (unpaired) electrons. The summed E-state index contributed by atoms with van der Waals surface area (Å²) in [6.45, 7) is 9.20. The Balaban J connectivity index is 1.14. The SMILES string of the molecule is CCCCC1(CCCC)c2ccccc2-c2ccc(C#Cc3cnc(C#Cc4ccc5c(c4)C(CCCC)(CCCC)c4ccccc4-5)cn3)cc21. The van der Waals surface area contributed by atoms with Crippen LogP contribution in [0.2, 0.25) is 0 Å². The minimum Gasteiger partial charge on any atom is -0.243 e. The lowest BCUT2D eigenvalue weighted by Gasteiger charge is -2.32. The highest BCUT2D eigenvalue weighted by atomic mass is 14.8. The highest BCUT2D eigenvalue weighted by molar-refractivity contribution is 5.83. The number of rotatable bonds is 12. The summed E-state index contributed by atoms with van der Waals surface area (Å²) in [4.78, 5) is 9.31. The first-order chi connectivity index (χ1) is 25.6. The molecule has 0 saturated heterocycles. The lowest BCUT2D eigenvalue weighted by molar-refractivity contribution is 0.414. The fourth-order valence-electron chi connectivity index (χ4n) is 9.04. The monoisotopic (exact) mass is 680 g/mol. The van der Waals surface area contributed by atoms with Gasteiger partial charge in [0.2, 0.25) is 0 Å². The molecule has 0 bridgehead atoms. The Morgan fingerprint density at radius 3 is 1.15 bits per heavy atom. The zero-order valence-electron chi connectivity index (χ0n) is 31.6. The minimum absolute atomic E-state index is 0.0606. The van der Waals surface area contributed by atoms with Gasteiger partial charge >= 0.3 is 0 Å². The molecule has 2 nitrogen and oxygen atoms in total. The highest BCUT2D eigenvalue weighted by Gasteiger charge is 2.43. The van der Waals surface area contributed by atoms with Crippen molar-refractivity contribution < 1.29 is 0 Å². The van der Waals surface area contributed by atoms with Crippen LogP contribution in [0.1, 0.15) is 150 Å². The number of hydrogen-bond donors (Lipinski definition) is 0. The predicted molar refractivity (Wildman–Crippen MR) is 217 cm³/mol. The second-order valence-electron chi connectivity index (χ2n) is 15.0. The Labute approximate surface area is 312 Å². The molecular weight excluding hydrogens is 629 g/mol. The van der Waals surface area contributed by atoms with E-state index in [1.807, 2.05) is 0 Å². The third-order valence-corrected chi connectivity index (χ3v) is 11.7. The molecule has 0 saturated carbocycles. The first-order valence-corrected chi connectivity index (χ1v) is 19.9. The van der Waals surface area contributed by atoms with Crippen LogP contribution < -0.4 is 0 Å². The summed E-state index contributed by atoms with van der Waals surface area (Å²) in [5.41, 5.74) is 14.9. The van der Waals surface area contributed by atoms with Crippen molar-refractivity contribution in [3.8, 4) is 45.9 Å². The number of aromatic nitrogens is 2. The quantitative estimate of drug-likeness (QED) is 0.123. The molecule has 0 unspecified atom stereocenters. The first-order valence-electron chi connectivity index (χ1n) is 19.9. The predicted octanol–water partition coefficient (Wildman–Crippen LogP) is 12.6. The molecule has 4 aromatic carbocycles. The second-order valence-corrected chi connectivity index (χ2v) is 15.0. The number of unbranched alkanes of at least 4 members (excludes halogenated alkanes) is 4. The van der Waals surface area contributed by atoms with Crippen LogP contribution in [-0.4, -0.2) is 9.97 Å². The van der Waals surface area contributed by atoms with Crippen LogP contribution >= 0.6 is 0 Å². The molecule has 1 aromatic heterocycles. The van der Waals surface area contributed by atoms with Crippen molar-refractivity contribution in [3.63, 3.8) is 0 Å². The van der Waals surface area contributed by atoms with Crippen molar-refractivity contribution in [1.29, 1.82) is 0 Å². The van der Waals surface area contributed by atoms with Gasteiger partial charge in [0.25, 0.3) is 0 Å². The molecule has 0 N–H and O–H groups in total. The average Bonchev–Trinajstić information content (AvgIpc) is 3.62. The Morgan fingerprint density at radius 2 is 0.788 bits per heavy atom. The summed E-state index contributed by atoms with van der Waals surface area (Å²) in [5, 5.41) is 0. The zero-order valence-corrected chi connectivity index (χ0v) is 31.6. The molecule has 0 atom stereocenters. The third kappa shape index (κ3) is 6.61. The van der Waals surface area contributed by atoms with Gasteiger partial charge in [0.15, 0.2) is 0 Å². The van der Waals surface area contributed by atoms with E-state index in [0.29, 0.717) is 11.4 Å². The smallest absolute Gasteiger partial charge is 0.131 e. The van der Waals surface area contributed by atoms with E-state index in [2.05, 4.69) is 146 Å². The van der Waals surface area contributed by atoms with Gasteiger partial charge in [-0.15, -0.1) is 0 Å². The summed E-state index contributed by atoms with van der Waals surface area (Å²) in [7, 11) is 0. The summed E-state index contributed by atoms with van der Waals surface area (Å²) < 4.78 is 0. The molecule has 52 heavy (non-hydrogen) atoms. The molecule has 262 valence electrons. The average molecular weight is 681 g/mol. The summed E-state index contributed by atoms with van der Waals surface area (Å²) in [6, 6.07) is 31.7. The van der Waals surface area contributed by atoms with E-state index >= 15 is 0 Å². The fraction of sp³-hybridized carbons (Fsp3) is 0.360. The molecule has 5 aromatic rings. The van der Waals surface area contributed by atoms with Crippen LogP contribution in [0.15, 0.2) is 97.3 Å². The topological polar surface area (TPSA) is 25.8 Å². The van der Waals surface area contributed by atoms with Gasteiger partial charge in [-0.25, -0.2) is 9.97 Å². The Bertz CT molecular complexity index is 1990. The second kappa shape index (κ2) is 15.8. The Hall–Kier alpha value is -4.92. The maximum atomic E-state index is 4.66. The number of nitrogens with zero attached hydrogens (tertiary/aromatic N) is 2. The van der Waals surface area contributed by atoms with Gasteiger partial charge in [-0.1, -0.05) is 152 Å². The molecule has 0 fully saturated rings. The largest absolute Gasteiger partial charge is 0.243 e. The van der Waals surface area contributed by atoms with Crippen molar-refractivity contribution in [2.24, 2.45) is 0 Å². The van der Waals surface area contributed by atoms with Crippen LogP contribution in [0.5, 0.6) is 0 Å². The van der Waals surface area contributed by atoms with E-state index < -0.39 is 0 Å². The molecule has 2 aliphatic rings. The standard InChI is InChI=1S/C50H52N2/c1-5-9-29-49(30-10-6-2)45-19-15-13-17-41(45)43-27-23-37(33-47(43)49)21-25-39-35-52-40(36-51-39)26-22-38-24-28-44-42-18-14-16-20-46(42)50(31-11-7-3,32-12-8-4)48(44)34-38/h13-20,23-24,27-28,33-36H,5-12,29-32H2,1-4H3. The van der Waals surface area contributed by atoms with E-state index in [-0.39, 0.29) is 10.8 Å². The fourth-order valence-corrected chi connectivity index (χ4v) is 9.04. The van der Waals surface area contributed by atoms with E-state index in [0.717, 1.165) is 11.1 Å². The van der Waals surface area contributed by atoms with Crippen molar-refractivity contribution in [2.75, 3.05) is 0 Å². The van der Waals surface area contributed by atoms with Crippen molar-refractivity contribution >= 4 is 0 Å². The van der Waals surface area contributed by atoms with Crippen LogP contribution in [0.4, 0.5) is 0 Å². The van der Waals surface area contributed by atoms with Crippen LogP contribution in [0, 0.1) is 23.7 Å². The van der Waals surface area contributed by atoms with Crippen molar-refractivity contribution in [1.82, 2.24) is 9.97 Å². The highest BCUT2D eigenvalue weighted by Crippen LogP contribution is 2.55. The lowest BCUT2D eigenvalue weighted by atomic mass is 9.70. The summed E-state index contributed by atoms with van der Waals surface area (Å²) in [6.07, 6.45) is 17.9. The van der Waals surface area contributed by atoms with Crippen molar-refractivity contribution in [2.45, 2.75) is 116 Å². The van der Waals surface area contributed by atoms with Crippen LogP contribution in [0.25, 0.3) is 22.3 Å². The molecule has 0 aliphatic heterocycles. The van der Waals surface area contributed by atoms with Gasteiger partial charge in [-0.2, -0.15) is 0 Å². The van der Waals surface area contributed by atoms with Crippen molar-refractivity contribution in [3.05, 3.63) is 142 Å². The van der Waals surface area contributed by atoms with Gasteiger partial charge in [0.1, 0.15) is 11.4 Å². The summed E-state index contributed by atoms with van der Waals surface area (Å²) >= 11 is 0.